The zero-order chi connectivity index (χ0) is 22.1. The third kappa shape index (κ3) is 3.97. The second kappa shape index (κ2) is 8.36. The van der Waals surface area contributed by atoms with Crippen molar-refractivity contribution in [2.24, 2.45) is 0 Å². The van der Waals surface area contributed by atoms with Crippen LogP contribution in [0, 0.1) is 12.7 Å². The van der Waals surface area contributed by atoms with Crippen LogP contribution in [-0.2, 0) is 16.0 Å². The van der Waals surface area contributed by atoms with E-state index in [0.717, 1.165) is 22.4 Å². The maximum atomic E-state index is 13.5. The Kier molecular flexibility index (Phi) is 5.61. The standard InChI is InChI=1S/C25H20ClFN2O2/c1-3-16-5-12-20(13-6-16)29-24(30)22(17-7-9-18(27)10-8-17)23(25(29)31)28-19-11-4-15(2)21(26)14-19/h4-14,28H,3H2,1-2H3. The number of aryl methyl sites for hydroxylation is 2. The molecule has 0 fully saturated rings. The van der Waals surface area contributed by atoms with Gasteiger partial charge in [0.25, 0.3) is 11.8 Å². The van der Waals surface area contributed by atoms with Gasteiger partial charge >= 0.3 is 0 Å². The van der Waals surface area contributed by atoms with Crippen molar-refractivity contribution in [3.05, 3.63) is 100.0 Å². The maximum Gasteiger partial charge on any atom is 0.282 e. The predicted molar refractivity (Wildman–Crippen MR) is 121 cm³/mol. The number of carbonyl (C=O) groups is 2. The lowest BCUT2D eigenvalue weighted by molar-refractivity contribution is -0.120. The predicted octanol–water partition coefficient (Wildman–Crippen LogP) is 5.75. The highest BCUT2D eigenvalue weighted by molar-refractivity contribution is 6.46. The number of hydrogen-bond donors (Lipinski definition) is 1. The van der Waals surface area contributed by atoms with E-state index in [1.807, 2.05) is 32.0 Å². The fourth-order valence-corrected chi connectivity index (χ4v) is 3.64. The van der Waals surface area contributed by atoms with E-state index in [-0.39, 0.29) is 11.3 Å². The Hall–Kier alpha value is -3.44. The molecule has 0 atom stereocenters. The number of benzene rings is 3. The fraction of sp³-hybridized carbons (Fsp3) is 0.120. The maximum absolute atomic E-state index is 13.5. The van der Waals surface area contributed by atoms with Gasteiger partial charge in [-0.2, -0.15) is 0 Å². The minimum Gasteiger partial charge on any atom is -0.350 e. The highest BCUT2D eigenvalue weighted by Gasteiger charge is 2.40. The second-order valence-corrected chi connectivity index (χ2v) is 7.72. The number of nitrogens with zero attached hydrogens (tertiary/aromatic N) is 1. The van der Waals surface area contributed by atoms with Gasteiger partial charge < -0.3 is 5.32 Å². The van der Waals surface area contributed by atoms with Gasteiger partial charge in [0.15, 0.2) is 0 Å². The van der Waals surface area contributed by atoms with E-state index >= 15 is 0 Å². The van der Waals surface area contributed by atoms with E-state index in [2.05, 4.69) is 5.32 Å². The number of amides is 2. The molecule has 0 unspecified atom stereocenters. The third-order valence-electron chi connectivity index (χ3n) is 5.26. The van der Waals surface area contributed by atoms with Crippen LogP contribution in [0.5, 0.6) is 0 Å². The lowest BCUT2D eigenvalue weighted by Gasteiger charge is -2.16. The van der Waals surface area contributed by atoms with Gasteiger partial charge in [0.1, 0.15) is 11.5 Å². The summed E-state index contributed by atoms with van der Waals surface area (Å²) in [6.07, 6.45) is 0.849. The molecule has 1 aliphatic heterocycles. The molecule has 3 aromatic rings. The molecule has 0 bridgehead atoms. The number of imide groups is 1. The molecule has 31 heavy (non-hydrogen) atoms. The molecule has 0 saturated heterocycles. The average Bonchev–Trinajstić information content (AvgIpc) is 3.01. The molecule has 156 valence electrons. The molecule has 0 spiro atoms. The Balaban J connectivity index is 1.80. The Bertz CT molecular complexity index is 1200. The van der Waals surface area contributed by atoms with Gasteiger partial charge in [0.05, 0.1) is 11.3 Å². The molecular formula is C25H20ClFN2O2. The van der Waals surface area contributed by atoms with E-state index in [1.165, 1.54) is 24.3 Å². The number of carbonyl (C=O) groups excluding carboxylic acids is 2. The smallest absolute Gasteiger partial charge is 0.282 e. The van der Waals surface area contributed by atoms with E-state index in [9.17, 15) is 14.0 Å². The van der Waals surface area contributed by atoms with Crippen LogP contribution >= 0.6 is 11.6 Å². The second-order valence-electron chi connectivity index (χ2n) is 7.31. The third-order valence-corrected chi connectivity index (χ3v) is 5.67. The topological polar surface area (TPSA) is 49.4 Å². The van der Waals surface area contributed by atoms with Crippen LogP contribution in [0.3, 0.4) is 0 Å². The van der Waals surface area contributed by atoms with Crippen LogP contribution in [0.15, 0.2) is 72.4 Å². The lowest BCUT2D eigenvalue weighted by Crippen LogP contribution is -2.32. The normalized spacial score (nSPS) is 13.9. The zero-order valence-electron chi connectivity index (χ0n) is 17.1. The Labute approximate surface area is 185 Å². The molecule has 2 amide bonds. The van der Waals surface area contributed by atoms with Crippen molar-refractivity contribution in [2.75, 3.05) is 10.2 Å². The first-order valence-electron chi connectivity index (χ1n) is 9.90. The number of halogens is 2. The summed E-state index contributed by atoms with van der Waals surface area (Å²) in [7, 11) is 0. The number of rotatable bonds is 5. The van der Waals surface area contributed by atoms with Gasteiger partial charge in [-0.15, -0.1) is 0 Å². The summed E-state index contributed by atoms with van der Waals surface area (Å²) >= 11 is 6.23. The molecule has 1 N–H and O–H groups in total. The van der Waals surface area contributed by atoms with Crippen molar-refractivity contribution in [1.29, 1.82) is 0 Å². The van der Waals surface area contributed by atoms with Gasteiger partial charge in [0, 0.05) is 10.7 Å². The molecule has 0 aliphatic carbocycles. The first-order chi connectivity index (χ1) is 14.9. The van der Waals surface area contributed by atoms with Gasteiger partial charge in [-0.05, 0) is 66.4 Å². The molecule has 0 aromatic heterocycles. The minimum atomic E-state index is -0.481. The summed E-state index contributed by atoms with van der Waals surface area (Å²) in [4.78, 5) is 27.9. The molecule has 1 heterocycles. The number of nitrogens with one attached hydrogen (secondary N) is 1. The number of anilines is 2. The average molecular weight is 435 g/mol. The van der Waals surface area contributed by atoms with Crippen LogP contribution in [0.4, 0.5) is 15.8 Å². The van der Waals surface area contributed by atoms with Crippen LogP contribution in [0.2, 0.25) is 5.02 Å². The Morgan fingerprint density at radius 1 is 0.935 bits per heavy atom. The molecule has 1 aliphatic rings. The molecule has 0 radical (unpaired) electrons. The van der Waals surface area contributed by atoms with Crippen LogP contribution in [0.1, 0.15) is 23.6 Å². The molecule has 6 heteroatoms. The Morgan fingerprint density at radius 2 is 1.61 bits per heavy atom. The van der Waals surface area contributed by atoms with Crippen LogP contribution in [0.25, 0.3) is 5.57 Å². The summed E-state index contributed by atoms with van der Waals surface area (Å²) in [5, 5.41) is 3.60. The molecule has 4 rings (SSSR count). The highest BCUT2D eigenvalue weighted by atomic mass is 35.5. The highest BCUT2D eigenvalue weighted by Crippen LogP contribution is 2.34. The van der Waals surface area contributed by atoms with Crippen molar-refractivity contribution in [3.8, 4) is 0 Å². The van der Waals surface area contributed by atoms with E-state index in [4.69, 9.17) is 11.6 Å². The quantitative estimate of drug-likeness (QED) is 0.520. The van der Waals surface area contributed by atoms with Crippen molar-refractivity contribution >= 4 is 40.4 Å². The summed E-state index contributed by atoms with van der Waals surface area (Å²) in [5.74, 6) is -1.38. The molecule has 4 nitrogen and oxygen atoms in total. The van der Waals surface area contributed by atoms with Crippen molar-refractivity contribution < 1.29 is 14.0 Å². The zero-order valence-corrected chi connectivity index (χ0v) is 17.8. The molecule has 3 aromatic carbocycles. The fourth-order valence-electron chi connectivity index (χ4n) is 3.46. The largest absolute Gasteiger partial charge is 0.350 e. The molecular weight excluding hydrogens is 415 g/mol. The lowest BCUT2D eigenvalue weighted by atomic mass is 10.0. The summed E-state index contributed by atoms with van der Waals surface area (Å²) in [6, 6.07) is 18.1. The van der Waals surface area contributed by atoms with Gasteiger partial charge in [-0.1, -0.05) is 48.9 Å². The summed E-state index contributed by atoms with van der Waals surface area (Å²) in [5.41, 5.74) is 3.80. The Morgan fingerprint density at radius 3 is 2.23 bits per heavy atom. The minimum absolute atomic E-state index is 0.121. The van der Waals surface area contributed by atoms with Crippen molar-refractivity contribution in [1.82, 2.24) is 0 Å². The SMILES string of the molecule is CCc1ccc(N2C(=O)C(Nc3ccc(C)c(Cl)c3)=C(c3ccc(F)cc3)C2=O)cc1. The van der Waals surface area contributed by atoms with E-state index in [1.54, 1.807) is 24.3 Å². The van der Waals surface area contributed by atoms with Crippen LogP contribution in [-0.4, -0.2) is 11.8 Å². The monoisotopic (exact) mass is 434 g/mol. The van der Waals surface area contributed by atoms with E-state index < -0.39 is 17.6 Å². The number of hydrogen-bond acceptors (Lipinski definition) is 3. The summed E-state index contributed by atoms with van der Waals surface area (Å²) in [6.45, 7) is 3.91. The van der Waals surface area contributed by atoms with E-state index in [0.29, 0.717) is 22.0 Å². The first-order valence-corrected chi connectivity index (χ1v) is 10.3. The van der Waals surface area contributed by atoms with Gasteiger partial charge in [-0.3, -0.25) is 9.59 Å². The van der Waals surface area contributed by atoms with Crippen molar-refractivity contribution in [2.45, 2.75) is 20.3 Å². The van der Waals surface area contributed by atoms with Crippen LogP contribution < -0.4 is 10.2 Å². The summed E-state index contributed by atoms with van der Waals surface area (Å²) < 4.78 is 13.5. The van der Waals surface area contributed by atoms with Crippen molar-refractivity contribution in [3.63, 3.8) is 0 Å². The first kappa shape index (κ1) is 20.8. The van der Waals surface area contributed by atoms with Gasteiger partial charge in [0.2, 0.25) is 0 Å². The van der Waals surface area contributed by atoms with Gasteiger partial charge in [-0.25, -0.2) is 9.29 Å². The molecule has 0 saturated carbocycles.